The number of rotatable bonds is 4. The van der Waals surface area contributed by atoms with Crippen LogP contribution in [-0.4, -0.2) is 28.9 Å². The van der Waals surface area contributed by atoms with Crippen LogP contribution in [-0.2, 0) is 4.79 Å². The number of hydrogen-bond donors (Lipinski definition) is 2. The molecule has 4 nitrogen and oxygen atoms in total. The maximum Gasteiger partial charge on any atom is 0.336 e. The summed E-state index contributed by atoms with van der Waals surface area (Å²) >= 11 is 0. The zero-order valence-corrected chi connectivity index (χ0v) is 6.88. The minimum atomic E-state index is -1.47. The van der Waals surface area contributed by atoms with Gasteiger partial charge in [-0.05, 0) is 12.1 Å². The van der Waals surface area contributed by atoms with Crippen LogP contribution in [0.1, 0.15) is 0 Å². The summed E-state index contributed by atoms with van der Waals surface area (Å²) in [4.78, 5) is 10.2. The van der Waals surface area contributed by atoms with E-state index in [4.69, 9.17) is 14.9 Å². The van der Waals surface area contributed by atoms with Gasteiger partial charge in [-0.15, -0.1) is 0 Å². The van der Waals surface area contributed by atoms with Crippen molar-refractivity contribution in [2.24, 2.45) is 0 Å². The second-order valence-electron chi connectivity index (χ2n) is 2.48. The molecule has 0 heterocycles. The second kappa shape index (κ2) is 4.47. The van der Waals surface area contributed by atoms with Crippen molar-refractivity contribution in [3.05, 3.63) is 30.3 Å². The Morgan fingerprint density at radius 2 is 2.00 bits per heavy atom. The van der Waals surface area contributed by atoms with Crippen molar-refractivity contribution in [2.45, 2.75) is 6.10 Å². The van der Waals surface area contributed by atoms with E-state index in [1.54, 1.807) is 24.3 Å². The fraction of sp³-hybridized carbons (Fsp3) is 0.222. The van der Waals surface area contributed by atoms with Crippen LogP contribution in [0.3, 0.4) is 0 Å². The summed E-state index contributed by atoms with van der Waals surface area (Å²) in [6, 6.07) is 8.73. The monoisotopic (exact) mass is 182 g/mol. The SMILES string of the molecule is O=C(O)C(O)COc1ccccc1. The quantitative estimate of drug-likeness (QED) is 0.712. The van der Waals surface area contributed by atoms with Gasteiger partial charge in [0.2, 0.25) is 0 Å². The lowest BCUT2D eigenvalue weighted by Crippen LogP contribution is -2.26. The Bertz CT molecular complexity index is 270. The Morgan fingerprint density at radius 1 is 1.38 bits per heavy atom. The lowest BCUT2D eigenvalue weighted by atomic mass is 10.3. The number of carboxylic acid groups (broad SMARTS) is 1. The molecule has 1 rings (SSSR count). The van der Waals surface area contributed by atoms with Gasteiger partial charge < -0.3 is 14.9 Å². The Kier molecular flexibility index (Phi) is 3.28. The number of aliphatic carboxylic acids is 1. The molecule has 0 radical (unpaired) electrons. The molecule has 1 aromatic rings. The Hall–Kier alpha value is -1.55. The minimum Gasteiger partial charge on any atom is -0.490 e. The highest BCUT2D eigenvalue weighted by Crippen LogP contribution is 2.08. The maximum absolute atomic E-state index is 10.2. The van der Waals surface area contributed by atoms with E-state index in [9.17, 15) is 4.79 Å². The first-order valence-corrected chi connectivity index (χ1v) is 3.79. The van der Waals surface area contributed by atoms with E-state index in [1.165, 1.54) is 0 Å². The van der Waals surface area contributed by atoms with Crippen LogP contribution in [0.25, 0.3) is 0 Å². The molecule has 4 heteroatoms. The van der Waals surface area contributed by atoms with Crippen LogP contribution >= 0.6 is 0 Å². The van der Waals surface area contributed by atoms with Gasteiger partial charge in [0.15, 0.2) is 6.10 Å². The molecular formula is C9H10O4. The largest absolute Gasteiger partial charge is 0.490 e. The predicted molar refractivity (Wildman–Crippen MR) is 45.6 cm³/mol. The number of para-hydroxylation sites is 1. The van der Waals surface area contributed by atoms with E-state index >= 15 is 0 Å². The molecule has 2 N–H and O–H groups in total. The third-order valence-electron chi connectivity index (χ3n) is 1.44. The van der Waals surface area contributed by atoms with Crippen LogP contribution in [0.2, 0.25) is 0 Å². The highest BCUT2D eigenvalue weighted by molar-refractivity contribution is 5.72. The summed E-state index contributed by atoms with van der Waals surface area (Å²) in [5.41, 5.74) is 0. The van der Waals surface area contributed by atoms with Crippen molar-refractivity contribution in [2.75, 3.05) is 6.61 Å². The van der Waals surface area contributed by atoms with Gasteiger partial charge in [-0.3, -0.25) is 0 Å². The van der Waals surface area contributed by atoms with Crippen LogP contribution in [0.5, 0.6) is 5.75 Å². The van der Waals surface area contributed by atoms with E-state index in [0.717, 1.165) is 0 Å². The Balaban J connectivity index is 2.39. The summed E-state index contributed by atoms with van der Waals surface area (Å²) in [6.45, 7) is -0.237. The first-order chi connectivity index (χ1) is 6.20. The summed E-state index contributed by atoms with van der Waals surface area (Å²) in [7, 11) is 0. The summed E-state index contributed by atoms with van der Waals surface area (Å²) < 4.78 is 5.00. The van der Waals surface area contributed by atoms with E-state index in [0.29, 0.717) is 5.75 Å². The number of carboxylic acids is 1. The number of aliphatic hydroxyl groups is 1. The smallest absolute Gasteiger partial charge is 0.336 e. The summed E-state index contributed by atoms with van der Waals surface area (Å²) in [5, 5.41) is 17.2. The Morgan fingerprint density at radius 3 is 2.54 bits per heavy atom. The highest BCUT2D eigenvalue weighted by atomic mass is 16.5. The van der Waals surface area contributed by atoms with Crippen LogP contribution in [0.4, 0.5) is 0 Å². The first-order valence-electron chi connectivity index (χ1n) is 3.79. The number of hydrogen-bond acceptors (Lipinski definition) is 3. The Labute approximate surface area is 75.4 Å². The average molecular weight is 182 g/mol. The third-order valence-corrected chi connectivity index (χ3v) is 1.44. The molecule has 0 amide bonds. The topological polar surface area (TPSA) is 66.8 Å². The highest BCUT2D eigenvalue weighted by Gasteiger charge is 2.13. The third kappa shape index (κ3) is 3.13. The van der Waals surface area contributed by atoms with Gasteiger partial charge in [0, 0.05) is 0 Å². The van der Waals surface area contributed by atoms with E-state index in [-0.39, 0.29) is 6.61 Å². The summed E-state index contributed by atoms with van der Waals surface area (Å²) in [6.07, 6.45) is -1.47. The van der Waals surface area contributed by atoms with Crippen molar-refractivity contribution >= 4 is 5.97 Å². The molecule has 0 bridgehead atoms. The molecule has 70 valence electrons. The number of ether oxygens (including phenoxy) is 1. The molecule has 0 fully saturated rings. The van der Waals surface area contributed by atoms with Gasteiger partial charge >= 0.3 is 5.97 Å². The molecular weight excluding hydrogens is 172 g/mol. The molecule has 0 spiro atoms. The minimum absolute atomic E-state index is 0.237. The molecule has 1 atom stereocenters. The lowest BCUT2D eigenvalue weighted by Gasteiger charge is -2.07. The van der Waals surface area contributed by atoms with Gasteiger partial charge in [-0.2, -0.15) is 0 Å². The van der Waals surface area contributed by atoms with E-state index in [2.05, 4.69) is 0 Å². The summed E-state index contributed by atoms with van der Waals surface area (Å²) in [5.74, 6) is -0.737. The second-order valence-corrected chi connectivity index (χ2v) is 2.48. The fourth-order valence-electron chi connectivity index (χ4n) is 0.763. The average Bonchev–Trinajstić information content (AvgIpc) is 2.15. The van der Waals surface area contributed by atoms with Crippen LogP contribution < -0.4 is 4.74 Å². The maximum atomic E-state index is 10.2. The van der Waals surface area contributed by atoms with Gasteiger partial charge in [0.05, 0.1) is 0 Å². The van der Waals surface area contributed by atoms with Crippen molar-refractivity contribution in [1.82, 2.24) is 0 Å². The molecule has 1 aromatic carbocycles. The molecule has 1 unspecified atom stereocenters. The van der Waals surface area contributed by atoms with Crippen LogP contribution in [0.15, 0.2) is 30.3 Å². The first kappa shape index (κ1) is 9.54. The van der Waals surface area contributed by atoms with Crippen molar-refractivity contribution < 1.29 is 19.7 Å². The van der Waals surface area contributed by atoms with Crippen LogP contribution in [0, 0.1) is 0 Å². The zero-order valence-electron chi connectivity index (χ0n) is 6.88. The van der Waals surface area contributed by atoms with E-state index in [1.807, 2.05) is 6.07 Å². The van der Waals surface area contributed by atoms with Gasteiger partial charge in [-0.25, -0.2) is 4.79 Å². The molecule has 0 saturated carbocycles. The molecule has 0 saturated heterocycles. The number of carbonyl (C=O) groups is 1. The molecule has 0 aliphatic rings. The van der Waals surface area contributed by atoms with E-state index < -0.39 is 12.1 Å². The normalized spacial score (nSPS) is 12.1. The van der Waals surface area contributed by atoms with Crippen molar-refractivity contribution in [3.8, 4) is 5.75 Å². The fourth-order valence-corrected chi connectivity index (χ4v) is 0.763. The van der Waals surface area contributed by atoms with Gasteiger partial charge in [0.25, 0.3) is 0 Å². The lowest BCUT2D eigenvalue weighted by molar-refractivity contribution is -0.148. The van der Waals surface area contributed by atoms with Crippen molar-refractivity contribution in [1.29, 1.82) is 0 Å². The van der Waals surface area contributed by atoms with Gasteiger partial charge in [0.1, 0.15) is 12.4 Å². The molecule has 0 aliphatic carbocycles. The number of benzene rings is 1. The molecule has 0 aliphatic heterocycles. The molecule has 0 aromatic heterocycles. The number of aliphatic hydroxyl groups excluding tert-OH is 1. The zero-order chi connectivity index (χ0) is 9.68. The van der Waals surface area contributed by atoms with Gasteiger partial charge in [-0.1, -0.05) is 18.2 Å². The predicted octanol–water partition coefficient (Wildman–Crippen LogP) is 0.511. The van der Waals surface area contributed by atoms with Crippen molar-refractivity contribution in [3.63, 3.8) is 0 Å². The molecule has 13 heavy (non-hydrogen) atoms. The standard InChI is InChI=1S/C9H10O4/c10-8(9(11)12)6-13-7-4-2-1-3-5-7/h1-5,8,10H,6H2,(H,11,12).